The maximum Gasteiger partial charge on any atom is 0.410 e. The van der Waals surface area contributed by atoms with Gasteiger partial charge in [0.05, 0.1) is 6.54 Å². The Morgan fingerprint density at radius 1 is 1.10 bits per heavy atom. The van der Waals surface area contributed by atoms with E-state index in [-0.39, 0.29) is 30.2 Å². The van der Waals surface area contributed by atoms with E-state index in [4.69, 9.17) is 9.47 Å². The van der Waals surface area contributed by atoms with Gasteiger partial charge in [0.1, 0.15) is 11.4 Å². The highest BCUT2D eigenvalue weighted by atomic mass is 19.1. The van der Waals surface area contributed by atoms with E-state index >= 15 is 0 Å². The van der Waals surface area contributed by atoms with Crippen molar-refractivity contribution in [3.8, 4) is 11.5 Å². The molecule has 3 rings (SSSR count). The molecule has 1 saturated heterocycles. The van der Waals surface area contributed by atoms with E-state index in [0.29, 0.717) is 18.7 Å². The molecule has 0 unspecified atom stereocenters. The number of ether oxygens (including phenoxy) is 2. The molecule has 1 N–H and O–H groups in total. The fraction of sp³-hybridized carbons (Fsp3) is 0.391. The number of para-hydroxylation sites is 1. The summed E-state index contributed by atoms with van der Waals surface area (Å²) < 4.78 is 38.0. The largest absolute Gasteiger partial charge is 0.451 e. The maximum atomic E-state index is 13.7. The predicted octanol–water partition coefficient (Wildman–Crippen LogP) is 4.54. The third-order valence-corrected chi connectivity index (χ3v) is 4.71. The molecule has 1 atom stereocenters. The molecule has 0 radical (unpaired) electrons. The van der Waals surface area contributed by atoms with Crippen LogP contribution in [0.2, 0.25) is 0 Å². The van der Waals surface area contributed by atoms with Crippen molar-refractivity contribution in [1.29, 1.82) is 0 Å². The van der Waals surface area contributed by atoms with Crippen molar-refractivity contribution >= 4 is 11.9 Å². The van der Waals surface area contributed by atoms with Crippen LogP contribution in [-0.4, -0.2) is 48.1 Å². The van der Waals surface area contributed by atoms with Crippen LogP contribution in [0.3, 0.4) is 0 Å². The number of nitrogens with zero attached hydrogens (tertiary/aromatic N) is 1. The molecular weight excluding hydrogens is 406 g/mol. The molecule has 0 spiro atoms. The second-order valence-corrected chi connectivity index (χ2v) is 8.39. The zero-order valence-electron chi connectivity index (χ0n) is 17.8. The number of carbonyl (C=O) groups excluding carboxylic acids is 2. The Bertz CT molecular complexity index is 921. The highest BCUT2D eigenvalue weighted by Gasteiger charge is 2.29. The molecule has 1 aliphatic rings. The fourth-order valence-corrected chi connectivity index (χ4v) is 3.17. The first-order chi connectivity index (χ1) is 14.6. The highest BCUT2D eigenvalue weighted by Crippen LogP contribution is 2.27. The van der Waals surface area contributed by atoms with Crippen molar-refractivity contribution in [1.82, 2.24) is 10.2 Å². The molecule has 6 nitrogen and oxygen atoms in total. The third kappa shape index (κ3) is 6.24. The smallest absolute Gasteiger partial charge is 0.410 e. The van der Waals surface area contributed by atoms with Crippen LogP contribution in [0, 0.1) is 11.6 Å². The first-order valence-electron chi connectivity index (χ1n) is 10.1. The third-order valence-electron chi connectivity index (χ3n) is 4.71. The maximum absolute atomic E-state index is 13.7. The van der Waals surface area contributed by atoms with E-state index in [1.165, 1.54) is 18.2 Å². The van der Waals surface area contributed by atoms with Gasteiger partial charge in [0.2, 0.25) is 0 Å². The van der Waals surface area contributed by atoms with Crippen LogP contribution in [-0.2, 0) is 4.74 Å². The molecule has 0 aromatic heterocycles. The predicted molar refractivity (Wildman–Crippen MR) is 111 cm³/mol. The summed E-state index contributed by atoms with van der Waals surface area (Å²) in [5.74, 6) is -2.02. The minimum absolute atomic E-state index is 0.00288. The van der Waals surface area contributed by atoms with E-state index in [1.807, 2.05) is 20.8 Å². The zero-order chi connectivity index (χ0) is 22.6. The molecule has 8 heteroatoms. The Balaban J connectivity index is 1.50. The summed E-state index contributed by atoms with van der Waals surface area (Å²) in [6.45, 7) is 6.60. The van der Waals surface area contributed by atoms with Crippen LogP contribution < -0.4 is 10.1 Å². The van der Waals surface area contributed by atoms with Gasteiger partial charge in [-0.25, -0.2) is 13.6 Å². The van der Waals surface area contributed by atoms with E-state index in [1.54, 1.807) is 17.0 Å². The van der Waals surface area contributed by atoms with Gasteiger partial charge in [-0.3, -0.25) is 4.79 Å². The van der Waals surface area contributed by atoms with E-state index in [0.717, 1.165) is 18.6 Å². The summed E-state index contributed by atoms with van der Waals surface area (Å²) in [4.78, 5) is 26.2. The molecule has 31 heavy (non-hydrogen) atoms. The van der Waals surface area contributed by atoms with Crippen molar-refractivity contribution in [2.75, 3.05) is 19.6 Å². The summed E-state index contributed by atoms with van der Waals surface area (Å²) >= 11 is 0. The lowest BCUT2D eigenvalue weighted by Crippen LogP contribution is -2.39. The van der Waals surface area contributed by atoms with Crippen LogP contribution in [0.1, 0.15) is 37.6 Å². The average Bonchev–Trinajstić information content (AvgIpc) is 3.18. The average molecular weight is 432 g/mol. The van der Waals surface area contributed by atoms with Gasteiger partial charge in [0.15, 0.2) is 23.2 Å². The summed E-state index contributed by atoms with van der Waals surface area (Å²) in [6.07, 6.45) is 0.373. The number of amides is 1. The number of hydrogen-bond donors (Lipinski definition) is 1. The summed E-state index contributed by atoms with van der Waals surface area (Å²) in [5, 5.41) is 3.17. The summed E-state index contributed by atoms with van der Waals surface area (Å²) in [7, 11) is 0. The lowest BCUT2D eigenvalue weighted by Gasteiger charge is -2.24. The van der Waals surface area contributed by atoms with Crippen molar-refractivity contribution in [2.24, 2.45) is 0 Å². The SMILES string of the molecule is CC(C)(C)OC(=O)N1CC[C@@H](NCC(=O)c2ccc(Oc3c(F)cccc3F)cc2)C1. The van der Waals surface area contributed by atoms with Crippen LogP contribution in [0.4, 0.5) is 13.6 Å². The van der Waals surface area contributed by atoms with E-state index in [9.17, 15) is 18.4 Å². The number of ketones is 1. The number of rotatable bonds is 6. The molecule has 0 aliphatic carbocycles. The highest BCUT2D eigenvalue weighted by molar-refractivity contribution is 5.97. The summed E-state index contributed by atoms with van der Waals surface area (Å²) in [6, 6.07) is 9.52. The van der Waals surface area contributed by atoms with E-state index < -0.39 is 23.0 Å². The van der Waals surface area contributed by atoms with Gasteiger partial charge in [0, 0.05) is 24.7 Å². The van der Waals surface area contributed by atoms with Crippen molar-refractivity contribution in [2.45, 2.75) is 38.8 Å². The Morgan fingerprint density at radius 2 is 1.74 bits per heavy atom. The number of hydrogen-bond acceptors (Lipinski definition) is 5. The molecular formula is C23H26F2N2O4. The number of nitrogens with one attached hydrogen (secondary N) is 1. The summed E-state index contributed by atoms with van der Waals surface area (Å²) in [5.41, 5.74) is -0.109. The van der Waals surface area contributed by atoms with Crippen LogP contribution in [0.25, 0.3) is 0 Å². The van der Waals surface area contributed by atoms with Gasteiger partial charge in [-0.2, -0.15) is 0 Å². The second-order valence-electron chi connectivity index (χ2n) is 8.39. The number of likely N-dealkylation sites (tertiary alicyclic amines) is 1. The molecule has 2 aromatic carbocycles. The lowest BCUT2D eigenvalue weighted by molar-refractivity contribution is 0.0291. The van der Waals surface area contributed by atoms with Gasteiger partial charge in [-0.1, -0.05) is 6.07 Å². The van der Waals surface area contributed by atoms with Crippen LogP contribution in [0.5, 0.6) is 11.5 Å². The van der Waals surface area contributed by atoms with Crippen molar-refractivity contribution in [3.63, 3.8) is 0 Å². The normalized spacial score (nSPS) is 16.3. The first kappa shape index (κ1) is 22.7. The van der Waals surface area contributed by atoms with Gasteiger partial charge < -0.3 is 19.7 Å². The van der Waals surface area contributed by atoms with Gasteiger partial charge in [-0.05, 0) is 63.6 Å². The van der Waals surface area contributed by atoms with Crippen molar-refractivity contribution in [3.05, 3.63) is 59.7 Å². The molecule has 166 valence electrons. The Labute approximate surface area is 180 Å². The Kier molecular flexibility index (Phi) is 6.90. The number of benzene rings is 2. The molecule has 2 aromatic rings. The zero-order valence-corrected chi connectivity index (χ0v) is 17.8. The van der Waals surface area contributed by atoms with Gasteiger partial charge in [0.25, 0.3) is 0 Å². The molecule has 0 saturated carbocycles. The lowest BCUT2D eigenvalue weighted by atomic mass is 10.1. The Morgan fingerprint density at radius 3 is 2.35 bits per heavy atom. The molecule has 0 bridgehead atoms. The molecule has 1 aliphatic heterocycles. The van der Waals surface area contributed by atoms with Gasteiger partial charge in [-0.15, -0.1) is 0 Å². The first-order valence-corrected chi connectivity index (χ1v) is 10.1. The molecule has 1 heterocycles. The monoisotopic (exact) mass is 432 g/mol. The number of halogens is 2. The minimum Gasteiger partial charge on any atom is -0.451 e. The van der Waals surface area contributed by atoms with Crippen LogP contribution >= 0.6 is 0 Å². The van der Waals surface area contributed by atoms with Crippen LogP contribution in [0.15, 0.2) is 42.5 Å². The number of carbonyl (C=O) groups is 2. The molecule has 1 amide bonds. The second kappa shape index (κ2) is 9.43. The topological polar surface area (TPSA) is 67.9 Å². The quantitative estimate of drug-likeness (QED) is 0.679. The Hall–Kier alpha value is -3.00. The molecule has 1 fully saturated rings. The number of Topliss-reactive ketones (excluding diaryl/α,β-unsaturated/α-hetero) is 1. The van der Waals surface area contributed by atoms with Crippen molar-refractivity contribution < 1.29 is 27.8 Å². The fourth-order valence-electron chi connectivity index (χ4n) is 3.17. The minimum atomic E-state index is -0.804. The standard InChI is InChI=1S/C23H26F2N2O4/c1-23(2,3)31-22(29)27-12-11-16(14-27)26-13-20(28)15-7-9-17(10-8-15)30-21-18(24)5-4-6-19(21)25/h4-10,16,26H,11-14H2,1-3H3/t16-/m1/s1. The van der Waals surface area contributed by atoms with E-state index in [2.05, 4.69) is 5.32 Å². The van der Waals surface area contributed by atoms with Gasteiger partial charge >= 0.3 is 6.09 Å².